The summed E-state index contributed by atoms with van der Waals surface area (Å²) >= 11 is -0.106. The Kier molecular flexibility index (Phi) is 28.6. The van der Waals surface area contributed by atoms with Crippen molar-refractivity contribution in [3.8, 4) is 0 Å². The fraction of sp³-hybridized carbons (Fsp3) is 0.750. The van der Waals surface area contributed by atoms with Crippen molar-refractivity contribution in [2.45, 2.75) is 41.5 Å². The zero-order valence-corrected chi connectivity index (χ0v) is 11.1. The molecule has 76 valence electrons. The van der Waals surface area contributed by atoms with E-state index in [1.165, 1.54) is 11.8 Å². The number of halogens is 2. The van der Waals surface area contributed by atoms with Crippen LogP contribution in [0.4, 0.5) is 0 Å². The summed E-state index contributed by atoms with van der Waals surface area (Å²) in [5.41, 5.74) is 0. The number of hydrogen-bond acceptors (Lipinski definition) is 0. The molecule has 0 saturated heterocycles. The molecule has 0 rings (SSSR count). The average molecular weight is 292 g/mol. The van der Waals surface area contributed by atoms with E-state index in [4.69, 9.17) is 19.1 Å². The molecule has 0 aromatic rings. The predicted molar refractivity (Wildman–Crippen MR) is 52.2 cm³/mol. The first kappa shape index (κ1) is 18.1. The number of rotatable bonds is 0. The van der Waals surface area contributed by atoms with Crippen LogP contribution in [-0.4, -0.2) is 0 Å². The Balaban J connectivity index is -0.0000000886. The van der Waals surface area contributed by atoms with Gasteiger partial charge in [-0.05, 0) is 0 Å². The van der Waals surface area contributed by atoms with Crippen molar-refractivity contribution >= 4 is 19.1 Å². The Morgan fingerprint density at radius 2 is 0.727 bits per heavy atom. The summed E-state index contributed by atoms with van der Waals surface area (Å²) in [6.07, 6.45) is 0. The summed E-state index contributed by atoms with van der Waals surface area (Å²) in [6, 6.07) is 0. The molecule has 0 aliphatic carbocycles. The van der Waals surface area contributed by atoms with Gasteiger partial charge in [0.05, 0.1) is 0 Å². The zero-order valence-electron chi connectivity index (χ0n) is 8.07. The van der Waals surface area contributed by atoms with E-state index in [-0.39, 0.29) is 15.9 Å². The molecule has 0 N–H and O–H groups in total. The van der Waals surface area contributed by atoms with Crippen LogP contribution >= 0.6 is 19.1 Å². The van der Waals surface area contributed by atoms with Gasteiger partial charge in [-0.3, -0.25) is 0 Å². The Morgan fingerprint density at radius 1 is 0.727 bits per heavy atom. The fourth-order valence-corrected chi connectivity index (χ4v) is 0. The molecule has 0 aromatic carbocycles. The van der Waals surface area contributed by atoms with Gasteiger partial charge in [0, 0.05) is 0 Å². The Labute approximate surface area is 88.1 Å². The van der Waals surface area contributed by atoms with Gasteiger partial charge in [-0.2, -0.15) is 41.5 Å². The minimum atomic E-state index is -0.106. The van der Waals surface area contributed by atoms with E-state index in [0.29, 0.717) is 0 Å². The molecule has 3 heteroatoms. The third kappa shape index (κ3) is 622. The van der Waals surface area contributed by atoms with Gasteiger partial charge >= 0.3 is 35.0 Å². The van der Waals surface area contributed by atoms with Crippen molar-refractivity contribution in [3.05, 3.63) is 11.8 Å². The van der Waals surface area contributed by atoms with Crippen LogP contribution in [0.1, 0.15) is 41.5 Å². The summed E-state index contributed by atoms with van der Waals surface area (Å²) in [7, 11) is 9.63. The van der Waals surface area contributed by atoms with Gasteiger partial charge in [-0.1, -0.05) is 0 Å². The van der Waals surface area contributed by atoms with E-state index < -0.39 is 0 Å². The molecule has 0 fully saturated rings. The molecule has 0 aliphatic heterocycles. The van der Waals surface area contributed by atoms with Gasteiger partial charge in [-0.25, -0.2) is 0 Å². The van der Waals surface area contributed by atoms with Gasteiger partial charge in [0.15, 0.2) is 0 Å². The van der Waals surface area contributed by atoms with E-state index in [2.05, 4.69) is 41.5 Å². The van der Waals surface area contributed by atoms with Crippen molar-refractivity contribution in [1.82, 2.24) is 0 Å². The maximum absolute atomic E-state index is 4.81. The second kappa shape index (κ2) is 17.4. The molecule has 11 heavy (non-hydrogen) atoms. The first-order valence-electron chi connectivity index (χ1n) is 3.24. The van der Waals surface area contributed by atoms with Crippen LogP contribution in [0.3, 0.4) is 0 Å². The molecular weight excluding hydrogens is 273 g/mol. The fourth-order valence-electron chi connectivity index (χ4n) is 0. The molecule has 0 amide bonds. The van der Waals surface area contributed by atoms with Crippen LogP contribution in [0.5, 0.6) is 0 Å². The molecule has 0 bridgehead atoms. The summed E-state index contributed by atoms with van der Waals surface area (Å²) in [4.78, 5) is 0. The van der Waals surface area contributed by atoms with Gasteiger partial charge in [0.2, 0.25) is 0 Å². The SMILES string of the molecule is C[C-](C)C.C[C-](C)C.[Cl][Pd][Cl]. The first-order valence-corrected chi connectivity index (χ1v) is 7.24. The van der Waals surface area contributed by atoms with Crippen molar-refractivity contribution in [3.63, 3.8) is 0 Å². The molecular formula is C8H18Cl2Pd-2. The quantitative estimate of drug-likeness (QED) is 0.451. The van der Waals surface area contributed by atoms with Crippen LogP contribution in [0.2, 0.25) is 0 Å². The Hall–Kier alpha value is 1.24. The van der Waals surface area contributed by atoms with E-state index in [0.717, 1.165) is 0 Å². The van der Waals surface area contributed by atoms with Gasteiger partial charge in [0.1, 0.15) is 0 Å². The molecule has 0 radical (unpaired) electrons. The van der Waals surface area contributed by atoms with E-state index in [9.17, 15) is 0 Å². The van der Waals surface area contributed by atoms with Crippen molar-refractivity contribution in [2.24, 2.45) is 0 Å². The first-order chi connectivity index (χ1) is 4.88. The zero-order chi connectivity index (χ0) is 9.86. The van der Waals surface area contributed by atoms with Crippen LogP contribution in [-0.2, 0) is 15.9 Å². The average Bonchev–Trinajstić information content (AvgIpc) is 1.60. The number of hydrogen-bond donors (Lipinski definition) is 0. The molecule has 0 heterocycles. The maximum atomic E-state index is 4.81. The minimum absolute atomic E-state index is 0.106. The Morgan fingerprint density at radius 3 is 0.727 bits per heavy atom. The van der Waals surface area contributed by atoms with Crippen LogP contribution in [0.15, 0.2) is 0 Å². The second-order valence-electron chi connectivity index (χ2n) is 3.05. The molecule has 0 saturated carbocycles. The topological polar surface area (TPSA) is 0 Å². The molecule has 0 atom stereocenters. The monoisotopic (exact) mass is 290 g/mol. The van der Waals surface area contributed by atoms with Gasteiger partial charge in [0.25, 0.3) is 0 Å². The molecule has 0 unspecified atom stereocenters. The van der Waals surface area contributed by atoms with Crippen LogP contribution in [0, 0.1) is 11.8 Å². The van der Waals surface area contributed by atoms with E-state index in [1.54, 1.807) is 0 Å². The summed E-state index contributed by atoms with van der Waals surface area (Å²) < 4.78 is 0. The van der Waals surface area contributed by atoms with Crippen molar-refractivity contribution in [1.29, 1.82) is 0 Å². The Bertz CT molecular complexity index is 35.8. The third-order valence-corrected chi connectivity index (χ3v) is 0. The third-order valence-electron chi connectivity index (χ3n) is 0. The molecule has 0 nitrogen and oxygen atoms in total. The van der Waals surface area contributed by atoms with Crippen LogP contribution in [0.25, 0.3) is 0 Å². The van der Waals surface area contributed by atoms with Gasteiger partial charge in [-0.15, -0.1) is 0 Å². The van der Waals surface area contributed by atoms with E-state index in [1.807, 2.05) is 0 Å². The molecule has 0 spiro atoms. The van der Waals surface area contributed by atoms with Gasteiger partial charge < -0.3 is 11.8 Å². The normalized spacial score (nSPS) is 8.55. The summed E-state index contributed by atoms with van der Waals surface area (Å²) in [5.74, 6) is 2.83. The predicted octanol–water partition coefficient (Wildman–Crippen LogP) is 4.62. The van der Waals surface area contributed by atoms with Crippen molar-refractivity contribution in [2.75, 3.05) is 0 Å². The van der Waals surface area contributed by atoms with E-state index >= 15 is 0 Å². The standard InChI is InChI=1S/2C4H9.2ClH.Pd/c2*1-4(2)3;;;/h2*1-3H3;2*1H;/q2*-1;;;+2/p-2. The summed E-state index contributed by atoms with van der Waals surface area (Å²) in [5, 5.41) is 0. The molecule has 0 aromatic heterocycles. The van der Waals surface area contributed by atoms with Crippen molar-refractivity contribution < 1.29 is 15.9 Å². The second-order valence-corrected chi connectivity index (χ2v) is 5.41. The summed E-state index contributed by atoms with van der Waals surface area (Å²) in [6.45, 7) is 12.5. The van der Waals surface area contributed by atoms with Crippen LogP contribution < -0.4 is 0 Å². The molecule has 0 aliphatic rings.